The number of hydrogen-bond acceptors (Lipinski definition) is 3. The number of rotatable bonds is 6. The molecular weight excluding hydrogens is 310 g/mol. The third-order valence-corrected chi connectivity index (χ3v) is 3.56. The van der Waals surface area contributed by atoms with E-state index >= 15 is 0 Å². The maximum absolute atomic E-state index is 5.76. The zero-order valence-electron chi connectivity index (χ0n) is 12.5. The van der Waals surface area contributed by atoms with Crippen molar-refractivity contribution in [2.24, 2.45) is 0 Å². The Morgan fingerprint density at radius 3 is 2.52 bits per heavy atom. The summed E-state index contributed by atoms with van der Waals surface area (Å²) in [5.41, 5.74) is 2.91. The summed E-state index contributed by atoms with van der Waals surface area (Å²) in [4.78, 5) is 4.37. The van der Waals surface area contributed by atoms with Crippen molar-refractivity contribution < 1.29 is 9.15 Å². The van der Waals surface area contributed by atoms with Crippen molar-refractivity contribution in [1.82, 2.24) is 4.98 Å². The summed E-state index contributed by atoms with van der Waals surface area (Å²) < 4.78 is 11.1. The lowest BCUT2D eigenvalue weighted by atomic mass is 10.2. The van der Waals surface area contributed by atoms with E-state index < -0.39 is 0 Å². The predicted molar refractivity (Wildman–Crippen MR) is 92.2 cm³/mol. The van der Waals surface area contributed by atoms with Crippen molar-refractivity contribution in [1.29, 1.82) is 0 Å². The summed E-state index contributed by atoms with van der Waals surface area (Å²) in [7, 11) is 0. The van der Waals surface area contributed by atoms with E-state index in [0.29, 0.717) is 18.4 Å². The Morgan fingerprint density at radius 1 is 1.00 bits per heavy atom. The summed E-state index contributed by atoms with van der Waals surface area (Å²) in [6.07, 6.45) is 5.41. The topological polar surface area (TPSA) is 35.3 Å². The van der Waals surface area contributed by atoms with Crippen LogP contribution in [-0.4, -0.2) is 4.98 Å². The molecule has 3 nitrogen and oxygen atoms in total. The molecule has 0 aliphatic rings. The van der Waals surface area contributed by atoms with Gasteiger partial charge in [-0.25, -0.2) is 4.98 Å². The fraction of sp³-hybridized carbons (Fsp3) is 0.105. The van der Waals surface area contributed by atoms with Gasteiger partial charge in [-0.2, -0.15) is 0 Å². The maximum Gasteiger partial charge on any atom is 0.218 e. The molecule has 1 heterocycles. The number of alkyl halides is 1. The number of nitrogens with zero attached hydrogens (tertiary/aromatic N) is 1. The van der Waals surface area contributed by atoms with Crippen LogP contribution in [0.15, 0.2) is 65.3 Å². The number of ether oxygens (including phenoxy) is 1. The number of oxazole rings is 1. The van der Waals surface area contributed by atoms with Crippen LogP contribution in [0.3, 0.4) is 0 Å². The molecular formula is C19H16ClNO2. The zero-order valence-corrected chi connectivity index (χ0v) is 13.2. The van der Waals surface area contributed by atoms with Gasteiger partial charge in [0.15, 0.2) is 0 Å². The van der Waals surface area contributed by atoms with Crippen LogP contribution in [0.1, 0.15) is 22.7 Å². The van der Waals surface area contributed by atoms with Crippen LogP contribution in [0.5, 0.6) is 5.75 Å². The van der Waals surface area contributed by atoms with Gasteiger partial charge < -0.3 is 9.15 Å². The molecule has 0 aliphatic carbocycles. The second kappa shape index (κ2) is 7.65. The summed E-state index contributed by atoms with van der Waals surface area (Å²) in [6.45, 7) is 0.364. The van der Waals surface area contributed by atoms with Gasteiger partial charge in [-0.15, -0.1) is 11.6 Å². The lowest BCUT2D eigenvalue weighted by molar-refractivity contribution is 0.301. The van der Waals surface area contributed by atoms with Gasteiger partial charge in [0, 0.05) is 12.0 Å². The molecule has 0 saturated heterocycles. The molecule has 4 heteroatoms. The minimum absolute atomic E-state index is 0.364. The molecule has 116 valence electrons. The first-order valence-electron chi connectivity index (χ1n) is 7.29. The highest BCUT2D eigenvalue weighted by Crippen LogP contribution is 2.15. The Labute approximate surface area is 140 Å². The Kier molecular flexibility index (Phi) is 5.12. The average molecular weight is 326 g/mol. The molecule has 0 fully saturated rings. The number of benzene rings is 2. The summed E-state index contributed by atoms with van der Waals surface area (Å²) in [5.74, 6) is 1.84. The second-order valence-electron chi connectivity index (χ2n) is 4.99. The standard InChI is InChI=1S/C19H16ClNO2/c20-12-16-6-9-18(10-7-16)22-13-17-14-23-19(21-17)11-8-15-4-2-1-3-5-15/h1-11,14H,12-13H2/b11-8+. The van der Waals surface area contributed by atoms with Crippen LogP contribution in [0.25, 0.3) is 12.2 Å². The van der Waals surface area contributed by atoms with E-state index in [4.69, 9.17) is 20.8 Å². The van der Waals surface area contributed by atoms with Crippen LogP contribution in [0.4, 0.5) is 0 Å². The van der Waals surface area contributed by atoms with E-state index in [1.54, 1.807) is 6.26 Å². The van der Waals surface area contributed by atoms with Gasteiger partial charge in [-0.1, -0.05) is 42.5 Å². The lowest BCUT2D eigenvalue weighted by Gasteiger charge is -2.04. The zero-order chi connectivity index (χ0) is 15.9. The molecule has 0 spiro atoms. The third kappa shape index (κ3) is 4.47. The molecule has 0 amide bonds. The van der Waals surface area contributed by atoms with Crippen molar-refractivity contribution >= 4 is 23.8 Å². The third-order valence-electron chi connectivity index (χ3n) is 3.25. The highest BCUT2D eigenvalue weighted by molar-refractivity contribution is 6.17. The number of hydrogen-bond donors (Lipinski definition) is 0. The van der Waals surface area contributed by atoms with E-state index in [9.17, 15) is 0 Å². The van der Waals surface area contributed by atoms with Gasteiger partial charge >= 0.3 is 0 Å². The minimum Gasteiger partial charge on any atom is -0.487 e. The molecule has 0 unspecified atom stereocenters. The smallest absolute Gasteiger partial charge is 0.218 e. The number of halogens is 1. The normalized spacial score (nSPS) is 11.0. The molecule has 0 atom stereocenters. The Balaban J connectivity index is 1.57. The maximum atomic E-state index is 5.76. The van der Waals surface area contributed by atoms with Crippen LogP contribution < -0.4 is 4.74 Å². The highest BCUT2D eigenvalue weighted by atomic mass is 35.5. The van der Waals surface area contributed by atoms with E-state index in [1.165, 1.54) is 0 Å². The second-order valence-corrected chi connectivity index (χ2v) is 5.25. The van der Waals surface area contributed by atoms with Crippen molar-refractivity contribution in [2.75, 3.05) is 0 Å². The summed E-state index contributed by atoms with van der Waals surface area (Å²) >= 11 is 5.76. The van der Waals surface area contributed by atoms with Gasteiger partial charge in [0.2, 0.25) is 5.89 Å². The first kappa shape index (κ1) is 15.4. The van der Waals surface area contributed by atoms with Gasteiger partial charge in [-0.3, -0.25) is 0 Å². The number of aromatic nitrogens is 1. The van der Waals surface area contributed by atoms with Crippen molar-refractivity contribution in [3.63, 3.8) is 0 Å². The quantitative estimate of drug-likeness (QED) is 0.587. The van der Waals surface area contributed by atoms with Crippen molar-refractivity contribution in [2.45, 2.75) is 12.5 Å². The highest BCUT2D eigenvalue weighted by Gasteiger charge is 2.02. The monoisotopic (exact) mass is 325 g/mol. The lowest BCUT2D eigenvalue weighted by Crippen LogP contribution is -1.95. The van der Waals surface area contributed by atoms with E-state index in [0.717, 1.165) is 22.6 Å². The average Bonchev–Trinajstić information content (AvgIpc) is 3.07. The van der Waals surface area contributed by atoms with Crippen molar-refractivity contribution in [3.8, 4) is 5.75 Å². The van der Waals surface area contributed by atoms with E-state index in [2.05, 4.69) is 4.98 Å². The molecule has 0 saturated carbocycles. The first-order chi connectivity index (χ1) is 11.3. The Hall–Kier alpha value is -2.52. The SMILES string of the molecule is ClCc1ccc(OCc2coc(/C=C/c3ccccc3)n2)cc1. The van der Waals surface area contributed by atoms with Crippen LogP contribution >= 0.6 is 11.6 Å². The molecule has 23 heavy (non-hydrogen) atoms. The summed E-state index contributed by atoms with van der Waals surface area (Å²) in [5, 5.41) is 0. The summed E-state index contributed by atoms with van der Waals surface area (Å²) in [6, 6.07) is 17.7. The van der Waals surface area contributed by atoms with Gasteiger partial charge in [0.25, 0.3) is 0 Å². The fourth-order valence-corrected chi connectivity index (χ4v) is 2.21. The largest absolute Gasteiger partial charge is 0.487 e. The predicted octanol–water partition coefficient (Wildman–Crippen LogP) is 5.16. The Bertz CT molecular complexity index is 764. The van der Waals surface area contributed by atoms with Gasteiger partial charge in [0.1, 0.15) is 24.3 Å². The van der Waals surface area contributed by atoms with Crippen LogP contribution in [0.2, 0.25) is 0 Å². The molecule has 0 bridgehead atoms. The van der Waals surface area contributed by atoms with Gasteiger partial charge in [-0.05, 0) is 29.3 Å². The van der Waals surface area contributed by atoms with E-state index in [-0.39, 0.29) is 0 Å². The molecule has 0 aliphatic heterocycles. The van der Waals surface area contributed by atoms with Crippen LogP contribution in [0, 0.1) is 0 Å². The van der Waals surface area contributed by atoms with Gasteiger partial charge in [0.05, 0.1) is 0 Å². The molecule has 0 radical (unpaired) electrons. The van der Waals surface area contributed by atoms with Crippen molar-refractivity contribution in [3.05, 3.63) is 83.6 Å². The Morgan fingerprint density at radius 2 is 1.78 bits per heavy atom. The fourth-order valence-electron chi connectivity index (χ4n) is 2.03. The molecule has 0 N–H and O–H groups in total. The molecule has 3 rings (SSSR count). The first-order valence-corrected chi connectivity index (χ1v) is 7.82. The molecule has 2 aromatic carbocycles. The molecule has 3 aromatic rings. The minimum atomic E-state index is 0.364. The molecule has 1 aromatic heterocycles. The van der Waals surface area contributed by atoms with Crippen LogP contribution in [-0.2, 0) is 12.5 Å². The van der Waals surface area contributed by atoms with E-state index in [1.807, 2.05) is 66.7 Å².